The summed E-state index contributed by atoms with van der Waals surface area (Å²) in [6, 6.07) is 23.0. The van der Waals surface area contributed by atoms with E-state index in [-0.39, 0.29) is 23.5 Å². The Bertz CT molecular complexity index is 1740. The third kappa shape index (κ3) is 4.12. The molecule has 2 aromatic heterocycles. The number of rotatable bonds is 4. The molecule has 0 saturated carbocycles. The molecule has 9 heteroatoms. The van der Waals surface area contributed by atoms with E-state index < -0.39 is 11.3 Å². The van der Waals surface area contributed by atoms with Crippen LogP contribution in [0.2, 0.25) is 0 Å². The Morgan fingerprint density at radius 3 is 2.54 bits per heavy atom. The fourth-order valence-corrected chi connectivity index (χ4v) is 5.16. The Labute approximate surface area is 224 Å². The molecule has 0 unspecified atom stereocenters. The van der Waals surface area contributed by atoms with E-state index in [1.165, 1.54) is 11.5 Å². The number of oxazole rings is 1. The van der Waals surface area contributed by atoms with E-state index in [9.17, 15) is 14.7 Å². The Balaban J connectivity index is 1.54. The highest BCUT2D eigenvalue weighted by Gasteiger charge is 2.33. The molecule has 5 aromatic rings. The zero-order valence-corrected chi connectivity index (χ0v) is 21.8. The molecule has 6 rings (SSSR count). The normalized spacial score (nSPS) is 14.8. The Morgan fingerprint density at radius 1 is 1.05 bits per heavy atom. The third-order valence-electron chi connectivity index (χ3n) is 7.33. The maximum atomic E-state index is 13.3. The fourth-order valence-electron chi connectivity index (χ4n) is 5.16. The molecule has 1 aliphatic heterocycles. The van der Waals surface area contributed by atoms with Crippen molar-refractivity contribution in [2.24, 2.45) is 7.05 Å². The molecule has 1 N–H and O–H groups in total. The molecule has 3 heterocycles. The largest absolute Gasteiger partial charge is 0.501 e. The molecule has 0 aliphatic carbocycles. The van der Waals surface area contributed by atoms with Crippen LogP contribution in [0.1, 0.15) is 29.7 Å². The summed E-state index contributed by atoms with van der Waals surface area (Å²) in [7, 11) is 3.35. The summed E-state index contributed by atoms with van der Waals surface area (Å²) in [5.74, 6) is -0.136. The average Bonchev–Trinajstić information content (AvgIpc) is 3.39. The number of aromatic nitrogens is 3. The van der Waals surface area contributed by atoms with Crippen LogP contribution in [-0.4, -0.2) is 39.1 Å². The minimum absolute atomic E-state index is 0.00743. The van der Waals surface area contributed by atoms with Crippen molar-refractivity contribution in [1.82, 2.24) is 14.5 Å². The van der Waals surface area contributed by atoms with E-state index in [2.05, 4.69) is 16.0 Å². The van der Waals surface area contributed by atoms with E-state index in [0.717, 1.165) is 22.4 Å². The van der Waals surface area contributed by atoms with Crippen molar-refractivity contribution in [3.63, 3.8) is 0 Å². The van der Waals surface area contributed by atoms with Gasteiger partial charge < -0.3 is 19.3 Å². The number of amides is 1. The van der Waals surface area contributed by atoms with Crippen molar-refractivity contribution in [3.8, 4) is 17.3 Å². The second-order valence-electron chi connectivity index (χ2n) is 9.68. The van der Waals surface area contributed by atoms with Gasteiger partial charge in [-0.05, 0) is 47.4 Å². The lowest BCUT2D eigenvalue weighted by Crippen LogP contribution is -2.40. The van der Waals surface area contributed by atoms with Crippen LogP contribution in [0.15, 0.2) is 82.0 Å². The molecule has 3 aromatic carbocycles. The predicted octanol–water partition coefficient (Wildman–Crippen LogP) is 4.43. The first kappa shape index (κ1) is 24.4. The first-order valence-corrected chi connectivity index (χ1v) is 12.7. The molecule has 0 radical (unpaired) electrons. The van der Waals surface area contributed by atoms with E-state index in [1.807, 2.05) is 54.6 Å². The van der Waals surface area contributed by atoms with Gasteiger partial charge in [0.2, 0.25) is 17.6 Å². The minimum atomic E-state index is -0.597. The van der Waals surface area contributed by atoms with Crippen molar-refractivity contribution >= 4 is 28.6 Å². The van der Waals surface area contributed by atoms with Gasteiger partial charge in [0.1, 0.15) is 5.52 Å². The third-order valence-corrected chi connectivity index (χ3v) is 7.33. The van der Waals surface area contributed by atoms with Gasteiger partial charge >= 0.3 is 0 Å². The summed E-state index contributed by atoms with van der Waals surface area (Å²) in [6.07, 6.45) is 0.706. The molecule has 39 heavy (non-hydrogen) atoms. The highest BCUT2D eigenvalue weighted by Crippen LogP contribution is 2.40. The molecule has 0 saturated heterocycles. The van der Waals surface area contributed by atoms with Crippen LogP contribution in [0, 0.1) is 0 Å². The number of carbonyl (C=O) groups is 1. The molecular formula is C30H27N5O4. The minimum Gasteiger partial charge on any atom is -0.501 e. The van der Waals surface area contributed by atoms with Crippen LogP contribution >= 0.6 is 0 Å². The van der Waals surface area contributed by atoms with E-state index in [4.69, 9.17) is 9.40 Å². The first-order chi connectivity index (χ1) is 18.8. The van der Waals surface area contributed by atoms with Crippen molar-refractivity contribution in [3.05, 3.63) is 99.8 Å². The highest BCUT2D eigenvalue weighted by molar-refractivity contribution is 5.91. The number of fused-ring (bicyclic) bond motifs is 2. The van der Waals surface area contributed by atoms with Gasteiger partial charge in [-0.3, -0.25) is 14.2 Å². The second kappa shape index (κ2) is 9.43. The molecule has 196 valence electrons. The highest BCUT2D eigenvalue weighted by atomic mass is 16.4. The number of anilines is 2. The van der Waals surface area contributed by atoms with Gasteiger partial charge in [-0.1, -0.05) is 48.5 Å². The fraction of sp³-hybridized carbons (Fsp3) is 0.200. The molecule has 0 spiro atoms. The lowest BCUT2D eigenvalue weighted by atomic mass is 9.88. The van der Waals surface area contributed by atoms with Crippen LogP contribution in [0.5, 0.6) is 5.75 Å². The van der Waals surface area contributed by atoms with E-state index in [0.29, 0.717) is 30.0 Å². The molecular weight excluding hydrogens is 494 g/mol. The van der Waals surface area contributed by atoms with Crippen LogP contribution in [0.4, 0.5) is 11.6 Å². The smallest absolute Gasteiger partial charge is 0.297 e. The van der Waals surface area contributed by atoms with Gasteiger partial charge in [0, 0.05) is 33.3 Å². The summed E-state index contributed by atoms with van der Waals surface area (Å²) >= 11 is 0. The van der Waals surface area contributed by atoms with Gasteiger partial charge in [0.05, 0.1) is 6.04 Å². The van der Waals surface area contributed by atoms with Gasteiger partial charge in [-0.15, -0.1) is 0 Å². The van der Waals surface area contributed by atoms with Gasteiger partial charge in [0.15, 0.2) is 11.3 Å². The zero-order chi connectivity index (χ0) is 27.3. The van der Waals surface area contributed by atoms with Crippen molar-refractivity contribution < 1.29 is 14.3 Å². The van der Waals surface area contributed by atoms with E-state index in [1.54, 1.807) is 31.1 Å². The topological polar surface area (TPSA) is 105 Å². The maximum absolute atomic E-state index is 13.3. The predicted molar refractivity (Wildman–Crippen MR) is 149 cm³/mol. The summed E-state index contributed by atoms with van der Waals surface area (Å²) in [4.78, 5) is 38.3. The van der Waals surface area contributed by atoms with Crippen LogP contribution < -0.4 is 15.4 Å². The number of aromatic hydroxyl groups is 1. The summed E-state index contributed by atoms with van der Waals surface area (Å²) < 4.78 is 7.22. The molecule has 1 amide bonds. The van der Waals surface area contributed by atoms with Crippen LogP contribution in [0.25, 0.3) is 22.7 Å². The van der Waals surface area contributed by atoms with Gasteiger partial charge in [0.25, 0.3) is 11.4 Å². The quantitative estimate of drug-likeness (QED) is 0.373. The summed E-state index contributed by atoms with van der Waals surface area (Å²) in [5.41, 5.74) is 4.49. The monoisotopic (exact) mass is 521 g/mol. The molecule has 0 bridgehead atoms. The molecule has 1 atom stereocenters. The van der Waals surface area contributed by atoms with Crippen molar-refractivity contribution in [2.75, 3.05) is 23.4 Å². The SMILES string of the molecule is CC(=O)N(C)c1ccc2c(c1)[C@H](c1ccccc1)N(c1nc(-c3nc4ccccc4o3)c(O)c(=O)n1C)CC2. The Hall–Kier alpha value is -4.92. The molecule has 9 nitrogen and oxygen atoms in total. The van der Waals surface area contributed by atoms with Crippen molar-refractivity contribution in [2.45, 2.75) is 19.4 Å². The number of hydrogen-bond acceptors (Lipinski definition) is 7. The number of para-hydroxylation sites is 2. The lowest BCUT2D eigenvalue weighted by Gasteiger charge is -2.39. The number of nitrogens with zero attached hydrogens (tertiary/aromatic N) is 5. The Kier molecular flexibility index (Phi) is 5.91. The lowest BCUT2D eigenvalue weighted by molar-refractivity contribution is -0.116. The second-order valence-corrected chi connectivity index (χ2v) is 9.68. The molecule has 1 aliphatic rings. The van der Waals surface area contributed by atoms with Crippen LogP contribution in [-0.2, 0) is 18.3 Å². The first-order valence-electron chi connectivity index (χ1n) is 12.7. The average molecular weight is 522 g/mol. The van der Waals surface area contributed by atoms with Crippen molar-refractivity contribution in [1.29, 1.82) is 0 Å². The number of benzene rings is 3. The van der Waals surface area contributed by atoms with E-state index >= 15 is 0 Å². The Morgan fingerprint density at radius 2 is 1.79 bits per heavy atom. The standard InChI is InChI=1S/C30H27N5O4/c1-18(36)33(2)21-14-13-19-15-16-35(26(22(19)17-21)20-9-5-4-6-10-20)30-32-25(27(37)29(38)34(30)3)28-31-23-11-7-8-12-24(23)39-28/h4-14,17,26,37H,15-16H2,1-3H3/t26-/m0/s1. The number of hydrogen-bond donors (Lipinski definition) is 1. The zero-order valence-electron chi connectivity index (χ0n) is 21.8. The summed E-state index contributed by atoms with van der Waals surface area (Å²) in [5, 5.41) is 10.8. The molecule has 0 fully saturated rings. The van der Waals surface area contributed by atoms with Gasteiger partial charge in [-0.25, -0.2) is 9.97 Å². The summed E-state index contributed by atoms with van der Waals surface area (Å²) in [6.45, 7) is 2.11. The number of carbonyl (C=O) groups excluding carboxylic acids is 1. The maximum Gasteiger partial charge on any atom is 0.297 e. The van der Waals surface area contributed by atoms with Gasteiger partial charge in [-0.2, -0.15) is 0 Å². The van der Waals surface area contributed by atoms with Crippen LogP contribution in [0.3, 0.4) is 0 Å².